The van der Waals surface area contributed by atoms with E-state index in [0.717, 1.165) is 62.6 Å². The summed E-state index contributed by atoms with van der Waals surface area (Å²) < 4.78 is 1.74. The first kappa shape index (κ1) is 29.8. The third-order valence-electron chi connectivity index (χ3n) is 5.55. The van der Waals surface area contributed by atoms with Crippen LogP contribution in [-0.4, -0.2) is 58.7 Å². The van der Waals surface area contributed by atoms with E-state index in [2.05, 4.69) is 16.0 Å². The Kier molecular flexibility index (Phi) is 13.1. The van der Waals surface area contributed by atoms with E-state index in [1.165, 1.54) is 5.69 Å². The molecule has 10 heteroatoms. The zero-order valence-electron chi connectivity index (χ0n) is 17.9. The van der Waals surface area contributed by atoms with Gasteiger partial charge in [-0.05, 0) is 43.2 Å². The molecule has 2 heterocycles. The molecule has 0 radical (unpaired) electrons. The summed E-state index contributed by atoms with van der Waals surface area (Å²) >= 11 is 6.11. The Bertz CT molecular complexity index is 1010. The van der Waals surface area contributed by atoms with Crippen molar-refractivity contribution in [3.05, 3.63) is 70.2 Å². The zero-order valence-corrected chi connectivity index (χ0v) is 19.4. The quantitative estimate of drug-likeness (QED) is 0.366. The normalized spacial score (nSPS) is 13.3. The largest absolute Gasteiger partial charge is 1.00 e. The Hall–Kier alpha value is -2.20. The van der Waals surface area contributed by atoms with Crippen molar-refractivity contribution in [3.8, 4) is 0 Å². The van der Waals surface area contributed by atoms with Gasteiger partial charge in [0, 0.05) is 17.3 Å². The second-order valence-corrected chi connectivity index (χ2v) is 7.87. The van der Waals surface area contributed by atoms with Crippen LogP contribution in [0.1, 0.15) is 12.8 Å². The zero-order chi connectivity index (χ0) is 19.3. The number of aromatic nitrogens is 2. The molecule has 1 aromatic heterocycles. The van der Waals surface area contributed by atoms with Crippen LogP contribution >= 0.6 is 11.6 Å². The lowest BCUT2D eigenvalue weighted by molar-refractivity contribution is -0.900. The smallest absolute Gasteiger partial charge is 0.261 e. The van der Waals surface area contributed by atoms with Crippen molar-refractivity contribution >= 4 is 28.2 Å². The van der Waals surface area contributed by atoms with Crippen molar-refractivity contribution in [2.45, 2.75) is 19.4 Å². The molecule has 0 aliphatic carbocycles. The number of para-hydroxylation sites is 1. The van der Waals surface area contributed by atoms with E-state index in [-0.39, 0.29) is 34.4 Å². The Balaban J connectivity index is 0.00000240. The van der Waals surface area contributed by atoms with Crippen molar-refractivity contribution in [2.24, 2.45) is 0 Å². The van der Waals surface area contributed by atoms with E-state index >= 15 is 0 Å². The third-order valence-corrected chi connectivity index (χ3v) is 5.79. The number of aryl methyl sites for hydroxylation is 1. The van der Waals surface area contributed by atoms with Crippen molar-refractivity contribution in [3.63, 3.8) is 0 Å². The van der Waals surface area contributed by atoms with Gasteiger partial charge in [0.05, 0.1) is 50.0 Å². The number of rotatable bonds is 6. The summed E-state index contributed by atoms with van der Waals surface area (Å²) in [6, 6.07) is 15.6. The van der Waals surface area contributed by atoms with E-state index in [0.29, 0.717) is 5.39 Å². The summed E-state index contributed by atoms with van der Waals surface area (Å²) in [7, 11) is 0. The Morgan fingerprint density at radius 3 is 2.41 bits per heavy atom. The number of fused-ring (bicyclic) bond motifs is 1. The average molecular weight is 487 g/mol. The Morgan fingerprint density at radius 2 is 1.69 bits per heavy atom. The van der Waals surface area contributed by atoms with Gasteiger partial charge in [-0.25, -0.2) is 4.98 Å². The summed E-state index contributed by atoms with van der Waals surface area (Å²) in [5.74, 6) is 0. The van der Waals surface area contributed by atoms with Crippen LogP contribution in [0.2, 0.25) is 5.02 Å². The molecule has 1 fully saturated rings. The third kappa shape index (κ3) is 7.16. The van der Waals surface area contributed by atoms with E-state index in [9.17, 15) is 4.79 Å². The number of piperazine rings is 1. The molecule has 1 aliphatic heterocycles. The van der Waals surface area contributed by atoms with Crippen LogP contribution in [0.4, 0.5) is 5.69 Å². The molecule has 0 spiro atoms. The van der Waals surface area contributed by atoms with Crippen molar-refractivity contribution in [1.29, 1.82) is 0 Å². The summed E-state index contributed by atoms with van der Waals surface area (Å²) in [6.07, 6.45) is 3.80. The summed E-state index contributed by atoms with van der Waals surface area (Å²) in [5, 5.41) is 1.50. The highest BCUT2D eigenvalue weighted by Gasteiger charge is 2.19. The van der Waals surface area contributed by atoms with E-state index in [1.54, 1.807) is 15.8 Å². The monoisotopic (exact) mass is 486 g/mol. The van der Waals surface area contributed by atoms with Crippen molar-refractivity contribution < 1.29 is 33.7 Å². The number of hydrogen-bond acceptors (Lipinski definition) is 3. The van der Waals surface area contributed by atoms with Crippen LogP contribution in [0.25, 0.3) is 10.9 Å². The lowest BCUT2D eigenvalue weighted by atomic mass is 10.2. The predicted molar refractivity (Wildman–Crippen MR) is 125 cm³/mol. The first-order chi connectivity index (χ1) is 13.7. The van der Waals surface area contributed by atoms with E-state index < -0.39 is 0 Å². The molecule has 4 rings (SSSR count). The molecule has 1 aliphatic rings. The molecule has 0 atom stereocenters. The van der Waals surface area contributed by atoms with Crippen LogP contribution in [-0.2, 0) is 6.54 Å². The Labute approximate surface area is 198 Å². The van der Waals surface area contributed by atoms with Gasteiger partial charge >= 0.3 is 0 Å². The summed E-state index contributed by atoms with van der Waals surface area (Å²) in [5.41, 5.74) is 2.05. The fourth-order valence-corrected chi connectivity index (χ4v) is 4.11. The summed E-state index contributed by atoms with van der Waals surface area (Å²) in [6.45, 7) is 6.29. The Morgan fingerprint density at radius 1 is 0.969 bits per heavy atom. The van der Waals surface area contributed by atoms with Crippen LogP contribution < -0.4 is 27.8 Å². The van der Waals surface area contributed by atoms with Gasteiger partial charge < -0.3 is 38.6 Å². The topological polar surface area (TPSA) is 137 Å². The number of unbranched alkanes of at least 4 members (excludes halogenated alkanes) is 1. The predicted octanol–water partition coefficient (Wildman–Crippen LogP) is -3.23. The highest BCUT2D eigenvalue weighted by molar-refractivity contribution is 6.30. The maximum atomic E-state index is 12.5. The van der Waals surface area contributed by atoms with Gasteiger partial charge in [0.2, 0.25) is 0 Å². The van der Waals surface area contributed by atoms with Gasteiger partial charge in [0.1, 0.15) is 0 Å². The van der Waals surface area contributed by atoms with Crippen LogP contribution in [0.3, 0.4) is 0 Å². The number of nitrogens with zero attached hydrogens (tertiary/aromatic N) is 3. The van der Waals surface area contributed by atoms with Crippen molar-refractivity contribution in [2.75, 3.05) is 37.6 Å². The van der Waals surface area contributed by atoms with Crippen LogP contribution in [0.15, 0.2) is 59.7 Å². The van der Waals surface area contributed by atoms with Crippen molar-refractivity contribution in [1.82, 2.24) is 9.55 Å². The SMILES string of the molecule is O.O.O.O=c1c2ccccc2ncn1CCCC[NH+]1CCN(c2cccc(Cl)c2)CC1.[Cl-]. The minimum Gasteiger partial charge on any atom is -1.00 e. The maximum Gasteiger partial charge on any atom is 0.261 e. The van der Waals surface area contributed by atoms with Crippen LogP contribution in [0, 0.1) is 0 Å². The second-order valence-electron chi connectivity index (χ2n) is 7.43. The summed E-state index contributed by atoms with van der Waals surface area (Å²) in [4.78, 5) is 21.0. The highest BCUT2D eigenvalue weighted by Crippen LogP contribution is 2.19. The molecule has 0 bridgehead atoms. The molecule has 2 aromatic carbocycles. The molecule has 8 nitrogen and oxygen atoms in total. The molecule has 1 saturated heterocycles. The molecular formula is C22H32Cl2N4O4. The molecule has 3 aromatic rings. The number of quaternary nitrogens is 1. The van der Waals surface area contributed by atoms with Gasteiger partial charge in [0.15, 0.2) is 0 Å². The lowest BCUT2D eigenvalue weighted by Crippen LogP contribution is -3.14. The molecule has 178 valence electrons. The molecule has 0 saturated carbocycles. The molecular weight excluding hydrogens is 455 g/mol. The number of hydrogen-bond donors (Lipinski definition) is 1. The minimum absolute atomic E-state index is 0. The lowest BCUT2D eigenvalue weighted by Gasteiger charge is -2.33. The minimum atomic E-state index is 0. The molecule has 0 amide bonds. The number of halogens is 2. The van der Waals surface area contributed by atoms with Gasteiger partial charge in [-0.3, -0.25) is 9.36 Å². The first-order valence-electron chi connectivity index (χ1n) is 9.99. The fourth-order valence-electron chi connectivity index (χ4n) is 3.93. The van der Waals surface area contributed by atoms with E-state index in [1.807, 2.05) is 42.5 Å². The van der Waals surface area contributed by atoms with Gasteiger partial charge in [-0.2, -0.15) is 0 Å². The highest BCUT2D eigenvalue weighted by atomic mass is 35.5. The maximum absolute atomic E-state index is 12.5. The fraction of sp³-hybridized carbons (Fsp3) is 0.364. The van der Waals surface area contributed by atoms with Gasteiger partial charge in [0.25, 0.3) is 5.56 Å². The number of anilines is 1. The van der Waals surface area contributed by atoms with Crippen LogP contribution in [0.5, 0.6) is 0 Å². The van der Waals surface area contributed by atoms with Gasteiger partial charge in [-0.1, -0.05) is 29.8 Å². The van der Waals surface area contributed by atoms with Gasteiger partial charge in [-0.15, -0.1) is 0 Å². The average Bonchev–Trinajstić information content (AvgIpc) is 2.73. The number of nitrogens with one attached hydrogen (secondary N) is 1. The standard InChI is InChI=1S/C22H25ClN4O.ClH.3H2O/c23-18-6-5-7-19(16-18)26-14-12-25(13-15-26)10-3-4-11-27-17-24-21-9-2-1-8-20(21)22(27)28;;;;/h1-2,5-9,16-17H,3-4,10-15H2;1H;3*1H2. The van der Waals surface area contributed by atoms with E-state index in [4.69, 9.17) is 11.6 Å². The molecule has 0 unspecified atom stereocenters. The number of benzene rings is 2. The second kappa shape index (κ2) is 14.1. The molecule has 32 heavy (non-hydrogen) atoms. The first-order valence-corrected chi connectivity index (χ1v) is 10.4. The molecule has 7 N–H and O–H groups in total.